The third-order valence-corrected chi connectivity index (χ3v) is 3.87. The first-order valence-electron chi connectivity index (χ1n) is 5.01. The second kappa shape index (κ2) is 2.94. The SMILES string of the molecule is ClC1N=CC1C1CC2NCCC2N1. The van der Waals surface area contributed by atoms with E-state index in [2.05, 4.69) is 15.6 Å². The highest BCUT2D eigenvalue weighted by atomic mass is 35.5. The predicted molar refractivity (Wildman–Crippen MR) is 53.4 cm³/mol. The van der Waals surface area contributed by atoms with Gasteiger partial charge in [-0.1, -0.05) is 11.6 Å². The molecule has 3 rings (SSSR count). The van der Waals surface area contributed by atoms with Gasteiger partial charge in [0.25, 0.3) is 0 Å². The van der Waals surface area contributed by atoms with E-state index in [1.54, 1.807) is 0 Å². The molecule has 3 heterocycles. The third kappa shape index (κ3) is 1.22. The van der Waals surface area contributed by atoms with Gasteiger partial charge in [0.1, 0.15) is 5.50 Å². The van der Waals surface area contributed by atoms with E-state index in [9.17, 15) is 0 Å². The zero-order valence-corrected chi connectivity index (χ0v) is 8.17. The van der Waals surface area contributed by atoms with Crippen molar-refractivity contribution >= 4 is 17.8 Å². The van der Waals surface area contributed by atoms with Crippen molar-refractivity contribution in [1.29, 1.82) is 0 Å². The van der Waals surface area contributed by atoms with Gasteiger partial charge in [-0.3, -0.25) is 4.99 Å². The zero-order valence-electron chi connectivity index (χ0n) is 7.41. The fraction of sp³-hybridized carbons (Fsp3) is 0.889. The molecule has 4 heteroatoms. The lowest BCUT2D eigenvalue weighted by molar-refractivity contribution is 0.421. The summed E-state index contributed by atoms with van der Waals surface area (Å²) in [6.45, 7) is 1.16. The van der Waals surface area contributed by atoms with Gasteiger partial charge >= 0.3 is 0 Å². The second-order valence-corrected chi connectivity index (χ2v) is 4.66. The van der Waals surface area contributed by atoms with Gasteiger partial charge in [0, 0.05) is 30.3 Å². The van der Waals surface area contributed by atoms with Crippen LogP contribution in [-0.2, 0) is 0 Å². The van der Waals surface area contributed by atoms with Gasteiger partial charge in [-0.2, -0.15) is 0 Å². The van der Waals surface area contributed by atoms with E-state index in [0.29, 0.717) is 24.0 Å². The fourth-order valence-electron chi connectivity index (χ4n) is 2.65. The number of aliphatic imine (C=N–C) groups is 1. The number of halogens is 1. The summed E-state index contributed by atoms with van der Waals surface area (Å²) in [6, 6.07) is 1.92. The molecular weight excluding hydrogens is 186 g/mol. The summed E-state index contributed by atoms with van der Waals surface area (Å²) >= 11 is 5.99. The smallest absolute Gasteiger partial charge is 0.132 e. The Kier molecular flexibility index (Phi) is 1.86. The van der Waals surface area contributed by atoms with Gasteiger partial charge in [-0.05, 0) is 19.4 Å². The monoisotopic (exact) mass is 199 g/mol. The maximum Gasteiger partial charge on any atom is 0.132 e. The number of fused-ring (bicyclic) bond motifs is 1. The van der Waals surface area contributed by atoms with Gasteiger partial charge in [-0.15, -0.1) is 0 Å². The molecule has 72 valence electrons. The molecule has 2 saturated heterocycles. The van der Waals surface area contributed by atoms with Crippen LogP contribution in [0, 0.1) is 5.92 Å². The van der Waals surface area contributed by atoms with Crippen LogP contribution >= 0.6 is 11.6 Å². The van der Waals surface area contributed by atoms with Crippen LogP contribution in [0.4, 0.5) is 0 Å². The lowest BCUT2D eigenvalue weighted by Crippen LogP contribution is -2.43. The minimum Gasteiger partial charge on any atom is -0.312 e. The predicted octanol–water partition coefficient (Wildman–Crippen LogP) is 0.344. The third-order valence-electron chi connectivity index (χ3n) is 3.47. The van der Waals surface area contributed by atoms with Crippen LogP contribution in [0.2, 0.25) is 0 Å². The van der Waals surface area contributed by atoms with Crippen LogP contribution in [0.3, 0.4) is 0 Å². The average molecular weight is 200 g/mol. The largest absolute Gasteiger partial charge is 0.312 e. The summed E-state index contributed by atoms with van der Waals surface area (Å²) in [5.74, 6) is 0.467. The van der Waals surface area contributed by atoms with Crippen LogP contribution in [0.25, 0.3) is 0 Å². The molecule has 2 fully saturated rings. The zero-order chi connectivity index (χ0) is 8.84. The molecule has 2 N–H and O–H groups in total. The van der Waals surface area contributed by atoms with Crippen molar-refractivity contribution in [2.24, 2.45) is 10.9 Å². The molecule has 5 atom stereocenters. The Bertz CT molecular complexity index is 231. The van der Waals surface area contributed by atoms with E-state index in [1.165, 1.54) is 12.8 Å². The number of hydrogen-bond acceptors (Lipinski definition) is 3. The van der Waals surface area contributed by atoms with Crippen molar-refractivity contribution in [1.82, 2.24) is 10.6 Å². The number of alkyl halides is 1. The maximum absolute atomic E-state index is 5.99. The number of rotatable bonds is 1. The Morgan fingerprint density at radius 2 is 2.23 bits per heavy atom. The highest BCUT2D eigenvalue weighted by Crippen LogP contribution is 2.31. The summed E-state index contributed by atoms with van der Waals surface area (Å²) < 4.78 is 0. The topological polar surface area (TPSA) is 36.4 Å². The fourth-order valence-corrected chi connectivity index (χ4v) is 2.95. The molecule has 13 heavy (non-hydrogen) atoms. The first-order valence-corrected chi connectivity index (χ1v) is 5.45. The Balaban J connectivity index is 1.66. The van der Waals surface area contributed by atoms with Crippen molar-refractivity contribution in [3.8, 4) is 0 Å². The molecule has 0 aromatic heterocycles. The average Bonchev–Trinajstić information content (AvgIpc) is 2.61. The summed E-state index contributed by atoms with van der Waals surface area (Å²) in [6.07, 6.45) is 4.47. The Labute approximate surface area is 82.9 Å². The molecule has 0 amide bonds. The molecule has 0 radical (unpaired) electrons. The van der Waals surface area contributed by atoms with Gasteiger partial charge in [0.2, 0.25) is 0 Å². The Morgan fingerprint density at radius 3 is 2.85 bits per heavy atom. The summed E-state index contributed by atoms with van der Waals surface area (Å²) in [4.78, 5) is 4.07. The van der Waals surface area contributed by atoms with Crippen molar-refractivity contribution < 1.29 is 0 Å². The molecular formula is C9H14ClN3. The minimum atomic E-state index is 0.0244. The molecule has 0 aliphatic carbocycles. The van der Waals surface area contributed by atoms with Gasteiger partial charge in [0.15, 0.2) is 0 Å². The number of hydrogen-bond donors (Lipinski definition) is 2. The van der Waals surface area contributed by atoms with E-state index in [0.717, 1.165) is 6.54 Å². The van der Waals surface area contributed by atoms with Gasteiger partial charge in [-0.25, -0.2) is 0 Å². The first kappa shape index (κ1) is 8.21. The van der Waals surface area contributed by atoms with Crippen molar-refractivity contribution in [2.75, 3.05) is 6.54 Å². The Morgan fingerprint density at radius 1 is 1.31 bits per heavy atom. The van der Waals surface area contributed by atoms with Crippen LogP contribution in [0.1, 0.15) is 12.8 Å². The van der Waals surface area contributed by atoms with Crippen molar-refractivity contribution in [3.05, 3.63) is 0 Å². The van der Waals surface area contributed by atoms with Crippen molar-refractivity contribution in [3.63, 3.8) is 0 Å². The number of nitrogens with zero attached hydrogens (tertiary/aromatic N) is 1. The molecule has 0 aromatic carbocycles. The summed E-state index contributed by atoms with van der Waals surface area (Å²) in [5, 5.41) is 7.16. The van der Waals surface area contributed by atoms with E-state index in [-0.39, 0.29) is 5.50 Å². The molecule has 0 saturated carbocycles. The number of nitrogens with one attached hydrogen (secondary N) is 2. The highest BCUT2D eigenvalue weighted by Gasteiger charge is 2.43. The van der Waals surface area contributed by atoms with E-state index >= 15 is 0 Å². The molecule has 3 aliphatic rings. The quantitative estimate of drug-likeness (QED) is 0.472. The molecule has 0 spiro atoms. The van der Waals surface area contributed by atoms with E-state index < -0.39 is 0 Å². The van der Waals surface area contributed by atoms with Gasteiger partial charge in [0.05, 0.1) is 0 Å². The van der Waals surface area contributed by atoms with Crippen LogP contribution in [-0.4, -0.2) is 36.4 Å². The summed E-state index contributed by atoms with van der Waals surface area (Å²) in [7, 11) is 0. The molecule has 0 bridgehead atoms. The molecule has 3 nitrogen and oxygen atoms in total. The van der Waals surface area contributed by atoms with Crippen molar-refractivity contribution in [2.45, 2.75) is 36.5 Å². The van der Waals surface area contributed by atoms with E-state index in [1.807, 2.05) is 6.21 Å². The Hall–Kier alpha value is -0.120. The minimum absolute atomic E-state index is 0.0244. The van der Waals surface area contributed by atoms with Crippen LogP contribution < -0.4 is 10.6 Å². The molecule has 3 aliphatic heterocycles. The highest BCUT2D eigenvalue weighted by molar-refractivity contribution is 6.23. The standard InChI is InChI=1S/C9H14ClN3/c10-9-5(4-12-9)7-3-8-6(13-7)1-2-11-8/h4-9,11,13H,1-3H2. The lowest BCUT2D eigenvalue weighted by atomic mass is 9.95. The van der Waals surface area contributed by atoms with E-state index in [4.69, 9.17) is 11.6 Å². The maximum atomic E-state index is 5.99. The summed E-state index contributed by atoms with van der Waals surface area (Å²) in [5.41, 5.74) is 0.0244. The second-order valence-electron chi connectivity index (χ2n) is 4.21. The van der Waals surface area contributed by atoms with Gasteiger partial charge < -0.3 is 10.6 Å². The first-order chi connectivity index (χ1) is 6.34. The normalized spacial score (nSPS) is 53.5. The van der Waals surface area contributed by atoms with Crippen LogP contribution in [0.5, 0.6) is 0 Å². The molecule has 5 unspecified atom stereocenters. The molecule has 0 aromatic rings. The lowest BCUT2D eigenvalue weighted by Gasteiger charge is -2.29. The van der Waals surface area contributed by atoms with Crippen LogP contribution in [0.15, 0.2) is 4.99 Å².